The number of hydrogen-bond donors (Lipinski definition) is 0. The van der Waals surface area contributed by atoms with E-state index in [0.717, 1.165) is 24.4 Å². The zero-order chi connectivity index (χ0) is 15.5. The first-order chi connectivity index (χ1) is 10.6. The van der Waals surface area contributed by atoms with Crippen LogP contribution in [-0.4, -0.2) is 29.7 Å². The van der Waals surface area contributed by atoms with Gasteiger partial charge in [0.05, 0.1) is 0 Å². The van der Waals surface area contributed by atoms with Gasteiger partial charge in [-0.25, -0.2) is 0 Å². The fraction of sp³-hybridized carbons (Fsp3) is 0.211. The number of fused-ring (bicyclic) bond motifs is 1. The van der Waals surface area contributed by atoms with Crippen molar-refractivity contribution in [3.63, 3.8) is 0 Å². The molecule has 3 heteroatoms. The van der Waals surface area contributed by atoms with Gasteiger partial charge in [0.2, 0.25) is 5.78 Å². The van der Waals surface area contributed by atoms with E-state index < -0.39 is 0 Å². The van der Waals surface area contributed by atoms with Gasteiger partial charge in [0, 0.05) is 38.9 Å². The summed E-state index contributed by atoms with van der Waals surface area (Å²) in [5.74, 6) is 0.0714. The highest BCUT2D eigenvalue weighted by atomic mass is 16.1. The monoisotopic (exact) mass is 292 g/mol. The number of Topliss-reactive ketones (excluding diaryl/α,β-unsaturated/α-hetero) is 1. The molecule has 0 aromatic heterocycles. The quantitative estimate of drug-likeness (QED) is 0.638. The van der Waals surface area contributed by atoms with E-state index >= 15 is 0 Å². The largest absolute Gasteiger partial charge is 0.382 e. The van der Waals surface area contributed by atoms with E-state index in [4.69, 9.17) is 0 Å². The molecule has 0 spiro atoms. The highest BCUT2D eigenvalue weighted by Gasteiger charge is 2.25. The maximum atomic E-state index is 12.9. The summed E-state index contributed by atoms with van der Waals surface area (Å²) in [6, 6.07) is 17.8. The van der Waals surface area contributed by atoms with E-state index in [1.165, 1.54) is 11.1 Å². The average molecular weight is 292 g/mol. The number of carbonyl (C=O) groups is 1. The number of ketones is 1. The minimum absolute atomic E-state index is 0.0714. The number of allylic oxidation sites excluding steroid dienone is 1. The molecule has 0 bridgehead atoms. The van der Waals surface area contributed by atoms with Crippen LogP contribution in [0, 0.1) is 0 Å². The maximum Gasteiger partial charge on any atom is 0.210 e. The second-order valence-electron chi connectivity index (χ2n) is 5.80. The zero-order valence-electron chi connectivity index (χ0n) is 13.0. The van der Waals surface area contributed by atoms with Crippen LogP contribution in [0.5, 0.6) is 0 Å². The lowest BCUT2D eigenvalue weighted by Crippen LogP contribution is -2.25. The van der Waals surface area contributed by atoms with E-state index in [-0.39, 0.29) is 5.78 Å². The molecule has 2 aromatic carbocycles. The van der Waals surface area contributed by atoms with E-state index in [1.54, 1.807) is 0 Å². The molecule has 1 heterocycles. The molecule has 22 heavy (non-hydrogen) atoms. The smallest absolute Gasteiger partial charge is 0.210 e. The van der Waals surface area contributed by atoms with Gasteiger partial charge in [-0.3, -0.25) is 4.79 Å². The molecule has 3 nitrogen and oxygen atoms in total. The Balaban J connectivity index is 1.91. The van der Waals surface area contributed by atoms with Crippen LogP contribution in [0.1, 0.15) is 21.5 Å². The fourth-order valence-electron chi connectivity index (χ4n) is 2.77. The van der Waals surface area contributed by atoms with Crippen molar-refractivity contribution in [3.05, 3.63) is 83.2 Å². The fourth-order valence-corrected chi connectivity index (χ4v) is 2.77. The van der Waals surface area contributed by atoms with Crippen LogP contribution in [0.3, 0.4) is 0 Å². The van der Waals surface area contributed by atoms with E-state index in [1.807, 2.05) is 55.5 Å². The van der Waals surface area contributed by atoms with E-state index in [2.05, 4.69) is 29.2 Å². The standard InChI is InChI=1S/C19H20N2O/c1-20(2)14-18(19(22)15-8-4-3-5-9-15)21-12-16-10-6-7-11-17(16)13-21/h3-11,14H,12-13H2,1-2H3/b18-14-. The van der Waals surface area contributed by atoms with Crippen molar-refractivity contribution in [2.24, 2.45) is 0 Å². The topological polar surface area (TPSA) is 23.6 Å². The van der Waals surface area contributed by atoms with Crippen molar-refractivity contribution in [2.45, 2.75) is 13.1 Å². The van der Waals surface area contributed by atoms with Crippen molar-refractivity contribution in [3.8, 4) is 0 Å². The van der Waals surface area contributed by atoms with Gasteiger partial charge in [-0.1, -0.05) is 54.6 Å². The molecule has 0 amide bonds. The Hall–Kier alpha value is -2.55. The van der Waals surface area contributed by atoms with Crippen LogP contribution >= 0.6 is 0 Å². The van der Waals surface area contributed by atoms with Crippen molar-refractivity contribution in [1.82, 2.24) is 9.80 Å². The molecule has 0 radical (unpaired) electrons. The molecule has 0 fully saturated rings. The van der Waals surface area contributed by atoms with Gasteiger partial charge in [-0.2, -0.15) is 0 Å². The highest BCUT2D eigenvalue weighted by molar-refractivity contribution is 6.08. The third-order valence-corrected chi connectivity index (χ3v) is 3.83. The Bertz CT molecular complexity index is 679. The lowest BCUT2D eigenvalue weighted by molar-refractivity contribution is 0.0986. The van der Waals surface area contributed by atoms with Crippen LogP contribution in [0.2, 0.25) is 0 Å². The molecule has 1 aliphatic rings. The molecule has 112 valence electrons. The van der Waals surface area contributed by atoms with Gasteiger partial charge in [-0.15, -0.1) is 0 Å². The van der Waals surface area contributed by atoms with Crippen LogP contribution in [0.25, 0.3) is 0 Å². The van der Waals surface area contributed by atoms with Gasteiger partial charge in [0.1, 0.15) is 5.70 Å². The number of hydrogen-bond acceptors (Lipinski definition) is 3. The number of nitrogens with zero attached hydrogens (tertiary/aromatic N) is 2. The van der Waals surface area contributed by atoms with Crippen molar-refractivity contribution >= 4 is 5.78 Å². The summed E-state index contributed by atoms with van der Waals surface area (Å²) < 4.78 is 0. The molecule has 0 saturated heterocycles. The van der Waals surface area contributed by atoms with Gasteiger partial charge < -0.3 is 9.80 Å². The SMILES string of the molecule is CN(C)/C=C(/C(=O)c1ccccc1)N1Cc2ccccc2C1. The molecule has 0 saturated carbocycles. The summed E-state index contributed by atoms with van der Waals surface area (Å²) >= 11 is 0. The maximum absolute atomic E-state index is 12.9. The molecular weight excluding hydrogens is 272 g/mol. The number of benzene rings is 2. The second-order valence-corrected chi connectivity index (χ2v) is 5.80. The van der Waals surface area contributed by atoms with Crippen molar-refractivity contribution in [2.75, 3.05) is 14.1 Å². The lowest BCUT2D eigenvalue weighted by Gasteiger charge is -2.22. The first-order valence-corrected chi connectivity index (χ1v) is 7.45. The Morgan fingerprint density at radius 1 is 0.955 bits per heavy atom. The van der Waals surface area contributed by atoms with Gasteiger partial charge >= 0.3 is 0 Å². The third kappa shape index (κ3) is 2.89. The third-order valence-electron chi connectivity index (χ3n) is 3.83. The summed E-state index contributed by atoms with van der Waals surface area (Å²) in [7, 11) is 3.89. The van der Waals surface area contributed by atoms with Crippen LogP contribution in [0.4, 0.5) is 0 Å². The summed E-state index contributed by atoms with van der Waals surface area (Å²) in [4.78, 5) is 17.0. The molecule has 0 N–H and O–H groups in total. The molecular formula is C19H20N2O. The van der Waals surface area contributed by atoms with Crippen LogP contribution in [0.15, 0.2) is 66.5 Å². The van der Waals surface area contributed by atoms with Crippen molar-refractivity contribution < 1.29 is 4.79 Å². The molecule has 3 rings (SSSR count). The summed E-state index contributed by atoms with van der Waals surface area (Å²) in [5, 5.41) is 0. The van der Waals surface area contributed by atoms with Gasteiger partial charge in [-0.05, 0) is 11.1 Å². The molecule has 1 aliphatic heterocycles. The molecule has 2 aromatic rings. The Kier molecular flexibility index (Phi) is 3.96. The van der Waals surface area contributed by atoms with Gasteiger partial charge in [0.25, 0.3) is 0 Å². The average Bonchev–Trinajstić information content (AvgIpc) is 2.96. The minimum atomic E-state index is 0.0714. The van der Waals surface area contributed by atoms with E-state index in [9.17, 15) is 4.79 Å². The molecule has 0 atom stereocenters. The highest BCUT2D eigenvalue weighted by Crippen LogP contribution is 2.27. The molecule has 0 unspecified atom stereocenters. The Morgan fingerprint density at radius 3 is 2.05 bits per heavy atom. The Labute approximate surface area is 131 Å². The summed E-state index contributed by atoms with van der Waals surface area (Å²) in [5.41, 5.74) is 4.07. The summed E-state index contributed by atoms with van der Waals surface area (Å²) in [6.07, 6.45) is 1.92. The number of carbonyl (C=O) groups excluding carboxylic acids is 1. The van der Waals surface area contributed by atoms with Crippen LogP contribution < -0.4 is 0 Å². The first-order valence-electron chi connectivity index (χ1n) is 7.45. The Morgan fingerprint density at radius 2 is 1.50 bits per heavy atom. The zero-order valence-corrected chi connectivity index (χ0v) is 13.0. The summed E-state index contributed by atoms with van der Waals surface area (Å²) in [6.45, 7) is 1.57. The predicted octanol–water partition coefficient (Wildman–Crippen LogP) is 3.29. The second kappa shape index (κ2) is 6.06. The van der Waals surface area contributed by atoms with Crippen molar-refractivity contribution in [1.29, 1.82) is 0 Å². The van der Waals surface area contributed by atoms with E-state index in [0.29, 0.717) is 0 Å². The first kappa shape index (κ1) is 14.4. The lowest BCUT2D eigenvalue weighted by atomic mass is 10.1. The van der Waals surface area contributed by atoms with Crippen LogP contribution in [-0.2, 0) is 13.1 Å². The predicted molar refractivity (Wildman–Crippen MR) is 88.2 cm³/mol. The normalized spacial score (nSPS) is 13.9. The molecule has 0 aliphatic carbocycles. The van der Waals surface area contributed by atoms with Gasteiger partial charge in [0.15, 0.2) is 0 Å². The minimum Gasteiger partial charge on any atom is -0.382 e. The number of rotatable bonds is 4.